The van der Waals surface area contributed by atoms with Gasteiger partial charge in [0.05, 0.1) is 32.0 Å². The van der Waals surface area contributed by atoms with Crippen LogP contribution in [-0.4, -0.2) is 44.3 Å². The van der Waals surface area contributed by atoms with Crippen LogP contribution in [-0.2, 0) is 4.79 Å². The summed E-state index contributed by atoms with van der Waals surface area (Å²) in [4.78, 5) is 36.7. The van der Waals surface area contributed by atoms with E-state index < -0.39 is 11.9 Å². The lowest BCUT2D eigenvalue weighted by Gasteiger charge is -2.10. The number of unbranched alkanes of at least 4 members (excludes halogenated alkanes) is 1. The molecule has 0 radical (unpaired) electrons. The van der Waals surface area contributed by atoms with Crippen LogP contribution in [0, 0.1) is 6.92 Å². The number of nitrogens with zero attached hydrogens (tertiary/aromatic N) is 1. The Morgan fingerprint density at radius 1 is 0.921 bits per heavy atom. The molecule has 38 heavy (non-hydrogen) atoms. The van der Waals surface area contributed by atoms with Crippen LogP contribution in [0.3, 0.4) is 0 Å². The predicted molar refractivity (Wildman–Crippen MR) is 144 cm³/mol. The maximum absolute atomic E-state index is 12.6. The third-order valence-electron chi connectivity index (χ3n) is 5.37. The van der Waals surface area contributed by atoms with Gasteiger partial charge in [-0.1, -0.05) is 31.0 Å². The van der Waals surface area contributed by atoms with Crippen molar-refractivity contribution in [2.45, 2.75) is 26.7 Å². The summed E-state index contributed by atoms with van der Waals surface area (Å²) in [5, 5.41) is 6.44. The van der Waals surface area contributed by atoms with Gasteiger partial charge >= 0.3 is 5.97 Å². The number of aryl methyl sites for hydroxylation is 1. The molecule has 0 spiro atoms. The van der Waals surface area contributed by atoms with Crippen molar-refractivity contribution < 1.29 is 28.6 Å². The van der Waals surface area contributed by atoms with Gasteiger partial charge in [0.1, 0.15) is 5.75 Å². The van der Waals surface area contributed by atoms with E-state index in [9.17, 15) is 14.4 Å². The normalized spacial score (nSPS) is 10.6. The van der Waals surface area contributed by atoms with Gasteiger partial charge in [-0.2, -0.15) is 5.10 Å². The first-order valence-corrected chi connectivity index (χ1v) is 12.2. The average Bonchev–Trinajstić information content (AvgIpc) is 2.93. The van der Waals surface area contributed by atoms with Crippen molar-refractivity contribution in [2.75, 3.05) is 20.3 Å². The molecule has 9 nitrogen and oxygen atoms in total. The number of esters is 1. The molecule has 0 atom stereocenters. The minimum absolute atomic E-state index is 0.228. The van der Waals surface area contributed by atoms with E-state index in [-0.39, 0.29) is 18.2 Å². The topological polar surface area (TPSA) is 115 Å². The van der Waals surface area contributed by atoms with Gasteiger partial charge in [0.15, 0.2) is 11.5 Å². The molecule has 198 valence electrons. The highest BCUT2D eigenvalue weighted by Crippen LogP contribution is 2.28. The summed E-state index contributed by atoms with van der Waals surface area (Å²) in [5.41, 5.74) is 4.82. The van der Waals surface area contributed by atoms with Gasteiger partial charge in [-0.3, -0.25) is 9.59 Å². The minimum atomic E-state index is -0.537. The Balaban J connectivity index is 1.51. The Labute approximate surface area is 221 Å². The van der Waals surface area contributed by atoms with E-state index in [0.717, 1.165) is 18.4 Å². The molecule has 0 bridgehead atoms. The Hall–Kier alpha value is -4.66. The molecule has 0 saturated heterocycles. The Bertz CT molecular complexity index is 1270. The zero-order chi connectivity index (χ0) is 27.3. The second-order valence-electron chi connectivity index (χ2n) is 8.37. The number of hydrazone groups is 1. The maximum atomic E-state index is 12.6. The fourth-order valence-electron chi connectivity index (χ4n) is 3.22. The standard InChI is InChI=1S/C29H31N3O6/c1-4-5-16-37-24-13-11-23(12-14-24)29(35)38-25-15-8-21(17-26(25)36-3)18-31-32-27(33)19-30-28(34)22-9-6-20(2)7-10-22/h6-15,17-18H,4-5,16,19H2,1-3H3,(H,30,34)(H,32,33)/b31-18+. The number of carbonyl (C=O) groups is 3. The largest absolute Gasteiger partial charge is 0.494 e. The van der Waals surface area contributed by atoms with Gasteiger partial charge in [-0.05, 0) is 73.5 Å². The molecule has 3 aromatic carbocycles. The molecule has 9 heteroatoms. The van der Waals surface area contributed by atoms with Gasteiger partial charge in [0.2, 0.25) is 0 Å². The van der Waals surface area contributed by atoms with Crippen molar-refractivity contribution in [3.8, 4) is 17.2 Å². The van der Waals surface area contributed by atoms with Crippen LogP contribution in [0.15, 0.2) is 71.8 Å². The number of carbonyl (C=O) groups excluding carboxylic acids is 3. The SMILES string of the molecule is CCCCOc1ccc(C(=O)Oc2ccc(/C=N/NC(=O)CNC(=O)c3ccc(C)cc3)cc2OC)cc1. The predicted octanol–water partition coefficient (Wildman–Crippen LogP) is 4.28. The lowest BCUT2D eigenvalue weighted by Crippen LogP contribution is -2.34. The van der Waals surface area contributed by atoms with Gasteiger partial charge in [0, 0.05) is 5.56 Å². The van der Waals surface area contributed by atoms with Gasteiger partial charge in [-0.25, -0.2) is 10.2 Å². The summed E-state index contributed by atoms with van der Waals surface area (Å²) in [6, 6.07) is 18.6. The van der Waals surface area contributed by atoms with E-state index >= 15 is 0 Å². The second-order valence-corrected chi connectivity index (χ2v) is 8.37. The number of benzene rings is 3. The molecule has 0 saturated carbocycles. The number of amides is 2. The summed E-state index contributed by atoms with van der Waals surface area (Å²) in [7, 11) is 1.45. The number of nitrogens with one attached hydrogen (secondary N) is 2. The van der Waals surface area contributed by atoms with E-state index in [0.29, 0.717) is 34.8 Å². The first-order chi connectivity index (χ1) is 18.4. The highest BCUT2D eigenvalue weighted by atomic mass is 16.6. The monoisotopic (exact) mass is 517 g/mol. The first kappa shape index (κ1) is 27.9. The highest BCUT2D eigenvalue weighted by molar-refractivity contribution is 5.96. The summed E-state index contributed by atoms with van der Waals surface area (Å²) in [5.74, 6) is -0.128. The molecular formula is C29H31N3O6. The Kier molecular flexibility index (Phi) is 10.4. The Morgan fingerprint density at radius 2 is 1.63 bits per heavy atom. The minimum Gasteiger partial charge on any atom is -0.494 e. The van der Waals surface area contributed by atoms with Crippen LogP contribution in [0.2, 0.25) is 0 Å². The molecule has 0 aliphatic rings. The fraction of sp³-hybridized carbons (Fsp3) is 0.241. The number of ether oxygens (including phenoxy) is 3. The Morgan fingerprint density at radius 3 is 2.32 bits per heavy atom. The maximum Gasteiger partial charge on any atom is 0.343 e. The van der Waals surface area contributed by atoms with Crippen LogP contribution in [0.5, 0.6) is 17.2 Å². The van der Waals surface area contributed by atoms with Crippen molar-refractivity contribution in [3.05, 3.63) is 89.0 Å². The van der Waals surface area contributed by atoms with E-state index in [1.54, 1.807) is 54.6 Å². The van der Waals surface area contributed by atoms with Crippen molar-refractivity contribution in [3.63, 3.8) is 0 Å². The van der Waals surface area contributed by atoms with Crippen LogP contribution in [0.4, 0.5) is 0 Å². The number of methoxy groups -OCH3 is 1. The lowest BCUT2D eigenvalue weighted by molar-refractivity contribution is -0.120. The van der Waals surface area contributed by atoms with Crippen molar-refractivity contribution in [2.24, 2.45) is 5.10 Å². The van der Waals surface area contributed by atoms with Crippen molar-refractivity contribution >= 4 is 24.0 Å². The van der Waals surface area contributed by atoms with E-state index in [1.165, 1.54) is 13.3 Å². The molecule has 0 aliphatic heterocycles. The molecular weight excluding hydrogens is 486 g/mol. The lowest BCUT2D eigenvalue weighted by atomic mass is 10.1. The van der Waals surface area contributed by atoms with Gasteiger partial charge in [-0.15, -0.1) is 0 Å². The number of hydrogen-bond donors (Lipinski definition) is 2. The molecule has 0 aromatic heterocycles. The smallest absolute Gasteiger partial charge is 0.343 e. The third-order valence-corrected chi connectivity index (χ3v) is 5.37. The van der Waals surface area contributed by atoms with Crippen molar-refractivity contribution in [1.82, 2.24) is 10.7 Å². The number of hydrogen-bond acceptors (Lipinski definition) is 7. The average molecular weight is 518 g/mol. The molecule has 0 fully saturated rings. The molecule has 2 N–H and O–H groups in total. The van der Waals surface area contributed by atoms with Crippen LogP contribution in [0.25, 0.3) is 0 Å². The molecule has 3 rings (SSSR count). The van der Waals surface area contributed by atoms with Crippen LogP contribution in [0.1, 0.15) is 51.6 Å². The molecule has 0 heterocycles. The molecule has 3 aromatic rings. The van der Waals surface area contributed by atoms with Gasteiger partial charge in [0.25, 0.3) is 11.8 Å². The summed E-state index contributed by atoms with van der Waals surface area (Å²) in [6.45, 7) is 4.41. The van der Waals surface area contributed by atoms with Crippen LogP contribution < -0.4 is 25.0 Å². The quantitative estimate of drug-likeness (QED) is 0.122. The zero-order valence-corrected chi connectivity index (χ0v) is 21.7. The van der Waals surface area contributed by atoms with Crippen molar-refractivity contribution in [1.29, 1.82) is 0 Å². The molecule has 0 aliphatic carbocycles. The van der Waals surface area contributed by atoms with Gasteiger partial charge < -0.3 is 19.5 Å². The highest BCUT2D eigenvalue weighted by Gasteiger charge is 2.13. The molecule has 0 unspecified atom stereocenters. The zero-order valence-electron chi connectivity index (χ0n) is 21.7. The summed E-state index contributed by atoms with van der Waals surface area (Å²) < 4.78 is 16.5. The summed E-state index contributed by atoms with van der Waals surface area (Å²) >= 11 is 0. The summed E-state index contributed by atoms with van der Waals surface area (Å²) in [6.07, 6.45) is 3.41. The first-order valence-electron chi connectivity index (χ1n) is 12.2. The number of rotatable bonds is 12. The third kappa shape index (κ3) is 8.48. The fourth-order valence-corrected chi connectivity index (χ4v) is 3.22. The van der Waals surface area contributed by atoms with E-state index in [4.69, 9.17) is 14.2 Å². The molecule has 2 amide bonds. The second kappa shape index (κ2) is 14.2. The van der Waals surface area contributed by atoms with E-state index in [2.05, 4.69) is 22.8 Å². The van der Waals surface area contributed by atoms with Crippen LogP contribution >= 0.6 is 0 Å². The van der Waals surface area contributed by atoms with E-state index in [1.807, 2.05) is 19.1 Å².